The Morgan fingerprint density at radius 3 is 2.41 bits per heavy atom. The zero-order valence-electron chi connectivity index (χ0n) is 20.8. The number of amides is 1. The fourth-order valence-corrected chi connectivity index (χ4v) is 5.99. The number of aromatic hydroxyl groups is 1. The third-order valence-corrected chi connectivity index (χ3v) is 7.67. The lowest BCUT2D eigenvalue weighted by Crippen LogP contribution is -2.51. The van der Waals surface area contributed by atoms with Gasteiger partial charge in [-0.25, -0.2) is 0 Å². The average Bonchev–Trinajstić information content (AvgIpc) is 3.59. The first kappa shape index (κ1) is 22.9. The summed E-state index contributed by atoms with van der Waals surface area (Å²) >= 11 is 0. The number of aromatic nitrogens is 1. The molecule has 3 heterocycles. The summed E-state index contributed by atoms with van der Waals surface area (Å²) in [6, 6.07) is 20.7. The van der Waals surface area contributed by atoms with Crippen LogP contribution in [0.25, 0.3) is 12.2 Å². The number of carbonyl (C=O) groups is 3. The summed E-state index contributed by atoms with van der Waals surface area (Å²) in [4.78, 5) is 43.7. The van der Waals surface area contributed by atoms with E-state index in [-0.39, 0.29) is 40.6 Å². The molecular weight excluding hydrogens is 494 g/mol. The van der Waals surface area contributed by atoms with Gasteiger partial charge in [0.05, 0.1) is 0 Å². The highest BCUT2D eigenvalue weighted by Crippen LogP contribution is 2.55. The lowest BCUT2D eigenvalue weighted by Gasteiger charge is -2.37. The Balaban J connectivity index is 1.46. The highest BCUT2D eigenvalue weighted by Gasteiger charge is 2.63. The van der Waals surface area contributed by atoms with Crippen molar-refractivity contribution in [3.05, 3.63) is 118 Å². The van der Waals surface area contributed by atoms with Gasteiger partial charge in [0.2, 0.25) is 0 Å². The van der Waals surface area contributed by atoms with Crippen LogP contribution in [-0.2, 0) is 10.3 Å². The van der Waals surface area contributed by atoms with Crippen molar-refractivity contribution in [2.24, 2.45) is 0 Å². The number of carbonyl (C=O) groups excluding carboxylic acids is 3. The number of hydrogen-bond acceptors (Lipinski definition) is 7. The molecule has 0 saturated carbocycles. The number of ketones is 2. The van der Waals surface area contributed by atoms with Crippen LogP contribution in [0.4, 0.5) is 11.4 Å². The molecular formula is C31H21N3O5. The monoisotopic (exact) mass is 515 g/mol. The van der Waals surface area contributed by atoms with Gasteiger partial charge < -0.3 is 19.8 Å². The lowest BCUT2D eigenvalue weighted by atomic mass is 9.74. The van der Waals surface area contributed by atoms with Crippen LogP contribution in [0.5, 0.6) is 5.75 Å². The molecule has 2 aliphatic heterocycles. The summed E-state index contributed by atoms with van der Waals surface area (Å²) in [7, 11) is 0. The molecule has 190 valence electrons. The van der Waals surface area contributed by atoms with E-state index in [0.29, 0.717) is 39.5 Å². The number of anilines is 2. The number of aryl methyl sites for hydroxylation is 1. The Bertz CT molecular complexity index is 1810. The van der Waals surface area contributed by atoms with Gasteiger partial charge in [0, 0.05) is 45.6 Å². The van der Waals surface area contributed by atoms with Gasteiger partial charge in [-0.3, -0.25) is 14.4 Å². The van der Waals surface area contributed by atoms with Gasteiger partial charge in [-0.1, -0.05) is 65.8 Å². The molecule has 1 aliphatic carbocycles. The Morgan fingerprint density at radius 1 is 0.923 bits per heavy atom. The molecule has 0 bridgehead atoms. The van der Waals surface area contributed by atoms with Crippen molar-refractivity contribution < 1.29 is 24.0 Å². The number of phenols is 1. The largest absolute Gasteiger partial charge is 0.507 e. The highest BCUT2D eigenvalue weighted by molar-refractivity contribution is 6.33. The second-order valence-electron chi connectivity index (χ2n) is 9.73. The summed E-state index contributed by atoms with van der Waals surface area (Å²) in [6.45, 7) is 1.76. The zero-order chi connectivity index (χ0) is 26.9. The molecule has 0 saturated heterocycles. The van der Waals surface area contributed by atoms with E-state index < -0.39 is 11.4 Å². The molecule has 8 heteroatoms. The van der Waals surface area contributed by atoms with Gasteiger partial charge in [0.15, 0.2) is 22.9 Å². The van der Waals surface area contributed by atoms with Crippen LogP contribution in [0, 0.1) is 6.92 Å². The predicted octanol–water partition coefficient (Wildman–Crippen LogP) is 4.90. The number of phenolic OH excluding ortho intramolecular Hbond substituents is 1. The number of para-hydroxylation sites is 2. The first-order valence-corrected chi connectivity index (χ1v) is 12.5. The van der Waals surface area contributed by atoms with E-state index in [4.69, 9.17) is 4.52 Å². The third-order valence-electron chi connectivity index (χ3n) is 7.67. The van der Waals surface area contributed by atoms with E-state index in [1.807, 2.05) is 0 Å². The van der Waals surface area contributed by atoms with Crippen LogP contribution in [-0.4, -0.2) is 34.3 Å². The van der Waals surface area contributed by atoms with E-state index in [1.54, 1.807) is 96.8 Å². The maximum Gasteiger partial charge on any atom is 0.259 e. The normalized spacial score (nSPS) is 19.6. The molecule has 2 N–H and O–H groups in total. The van der Waals surface area contributed by atoms with E-state index in [0.717, 1.165) is 0 Å². The smallest absolute Gasteiger partial charge is 0.259 e. The summed E-state index contributed by atoms with van der Waals surface area (Å²) in [5.74, 6) is -0.635. The van der Waals surface area contributed by atoms with Crippen molar-refractivity contribution in [2.75, 3.05) is 16.8 Å². The van der Waals surface area contributed by atoms with Crippen LogP contribution >= 0.6 is 0 Å². The molecule has 1 amide bonds. The highest BCUT2D eigenvalue weighted by atomic mass is 16.5. The summed E-state index contributed by atoms with van der Waals surface area (Å²) < 4.78 is 5.68. The standard InChI is InChI=1S/C31H21N3O5/c1-17-27(25(39-33-17)15-14-18-8-2-7-13-24(18)35)34-16-21-26(29(37)20-10-4-3-9-19(20)28(21)36)31(34)22-11-5-6-12-23(22)32-30(31)38/h2-15,35H,16H2,1H3,(H,32,38)/b15-14+. The number of nitrogens with one attached hydrogen (secondary N) is 1. The van der Waals surface area contributed by atoms with E-state index in [9.17, 15) is 19.5 Å². The van der Waals surface area contributed by atoms with Crippen LogP contribution in [0.15, 0.2) is 88.5 Å². The Hall–Kier alpha value is -5.24. The van der Waals surface area contributed by atoms with Crippen LogP contribution in [0.1, 0.15) is 43.3 Å². The number of benzene rings is 3. The number of hydrogen-bond donors (Lipinski definition) is 2. The molecule has 3 aromatic carbocycles. The maximum atomic E-state index is 14.1. The van der Waals surface area contributed by atoms with Crippen molar-refractivity contribution in [1.29, 1.82) is 0 Å². The minimum absolute atomic E-state index is 0.00940. The maximum absolute atomic E-state index is 14.1. The topological polar surface area (TPSA) is 113 Å². The van der Waals surface area contributed by atoms with Gasteiger partial charge in [0.1, 0.15) is 17.1 Å². The average molecular weight is 516 g/mol. The Morgan fingerprint density at radius 2 is 1.62 bits per heavy atom. The quantitative estimate of drug-likeness (QED) is 0.399. The van der Waals surface area contributed by atoms with Gasteiger partial charge in [0.25, 0.3) is 5.91 Å². The fraction of sp³-hybridized carbons (Fsp3) is 0.0968. The molecule has 0 radical (unpaired) electrons. The number of Topliss-reactive ketones (excluding diaryl/α,β-unsaturated/α-hetero) is 2. The summed E-state index contributed by atoms with van der Waals surface area (Å²) in [5, 5.41) is 17.3. The molecule has 1 unspecified atom stereocenters. The van der Waals surface area contributed by atoms with Crippen LogP contribution in [0.3, 0.4) is 0 Å². The predicted molar refractivity (Wildman–Crippen MR) is 144 cm³/mol. The second kappa shape index (κ2) is 8.13. The van der Waals surface area contributed by atoms with Gasteiger partial charge in [-0.2, -0.15) is 0 Å². The Kier molecular flexibility index (Phi) is 4.78. The van der Waals surface area contributed by atoms with E-state index in [2.05, 4.69) is 10.5 Å². The zero-order valence-corrected chi connectivity index (χ0v) is 20.8. The van der Waals surface area contributed by atoms with E-state index in [1.165, 1.54) is 0 Å². The molecule has 0 fully saturated rings. The van der Waals surface area contributed by atoms with Crippen LogP contribution in [0.2, 0.25) is 0 Å². The van der Waals surface area contributed by atoms with Gasteiger partial charge in [-0.05, 0) is 31.2 Å². The first-order chi connectivity index (χ1) is 18.9. The second-order valence-corrected chi connectivity index (χ2v) is 9.73. The van der Waals surface area contributed by atoms with Gasteiger partial charge in [-0.15, -0.1) is 0 Å². The molecule has 1 spiro atoms. The molecule has 8 nitrogen and oxygen atoms in total. The van der Waals surface area contributed by atoms with Crippen molar-refractivity contribution in [3.63, 3.8) is 0 Å². The molecule has 4 aromatic rings. The third kappa shape index (κ3) is 2.99. The number of rotatable bonds is 3. The van der Waals surface area contributed by atoms with Gasteiger partial charge >= 0.3 is 0 Å². The first-order valence-electron chi connectivity index (χ1n) is 12.5. The minimum atomic E-state index is -1.60. The van der Waals surface area contributed by atoms with Crippen LogP contribution < -0.4 is 10.2 Å². The lowest BCUT2D eigenvalue weighted by molar-refractivity contribution is -0.119. The summed E-state index contributed by atoms with van der Waals surface area (Å²) in [5.41, 5.74) is 2.13. The molecule has 7 rings (SSSR count). The number of fused-ring (bicyclic) bond motifs is 4. The SMILES string of the molecule is Cc1noc(/C=C/c2ccccc2O)c1N1CC2=C(C(=O)c3ccccc3C2=O)C12C(=O)Nc1ccccc12. The van der Waals surface area contributed by atoms with Crippen molar-refractivity contribution in [3.8, 4) is 5.75 Å². The summed E-state index contributed by atoms with van der Waals surface area (Å²) in [6.07, 6.45) is 3.34. The van der Waals surface area contributed by atoms with Crippen molar-refractivity contribution >= 4 is 41.0 Å². The number of nitrogens with zero attached hydrogens (tertiary/aromatic N) is 2. The van der Waals surface area contributed by atoms with Crippen molar-refractivity contribution in [1.82, 2.24) is 5.16 Å². The molecule has 3 aliphatic rings. The van der Waals surface area contributed by atoms with Crippen molar-refractivity contribution in [2.45, 2.75) is 12.5 Å². The minimum Gasteiger partial charge on any atom is -0.507 e. The fourth-order valence-electron chi connectivity index (χ4n) is 5.99. The molecule has 1 aromatic heterocycles. The molecule has 39 heavy (non-hydrogen) atoms. The van der Waals surface area contributed by atoms with E-state index >= 15 is 0 Å². The Labute approximate surface area is 222 Å². The molecule has 1 atom stereocenters.